The van der Waals surface area contributed by atoms with Crippen LogP contribution < -0.4 is 5.69 Å². The number of halogens is 1. The molecule has 0 unspecified atom stereocenters. The van der Waals surface area contributed by atoms with E-state index in [0.29, 0.717) is 25.6 Å². The molecular weight excluding hydrogens is 357 g/mol. The Bertz CT molecular complexity index is 1200. The number of aromatic nitrogens is 5. The SMILES string of the molecule is O=c1n(Cc2cc3ncccc3n2CCCCF)c2cnccc2n1C1CC1. The van der Waals surface area contributed by atoms with Crippen LogP contribution in [0.5, 0.6) is 0 Å². The Hall–Kier alpha value is -2.96. The normalized spacial score (nSPS) is 14.3. The molecule has 5 rings (SSSR count). The average molecular weight is 379 g/mol. The van der Waals surface area contributed by atoms with Crippen molar-refractivity contribution in [2.45, 2.75) is 44.8 Å². The standard InChI is InChI=1S/C21H22FN5O/c22-8-1-2-11-25-16(12-17-18(25)4-3-9-24-17)14-26-20-13-23-10-7-19(20)27(21(26)28)15-5-6-15/h3-4,7,9-10,12-13,15H,1-2,5-6,8,11,14H2. The highest BCUT2D eigenvalue weighted by molar-refractivity contribution is 5.78. The molecule has 0 N–H and O–H groups in total. The number of rotatable bonds is 7. The first-order valence-corrected chi connectivity index (χ1v) is 9.82. The molecule has 1 aliphatic rings. The molecule has 144 valence electrons. The van der Waals surface area contributed by atoms with Crippen molar-refractivity contribution in [2.24, 2.45) is 0 Å². The summed E-state index contributed by atoms with van der Waals surface area (Å²) in [5.74, 6) is 0. The van der Waals surface area contributed by atoms with Crippen molar-refractivity contribution < 1.29 is 4.39 Å². The maximum atomic E-state index is 13.2. The number of nitrogens with zero attached hydrogens (tertiary/aromatic N) is 5. The fraction of sp³-hybridized carbons (Fsp3) is 0.381. The van der Waals surface area contributed by atoms with Crippen LogP contribution in [0.2, 0.25) is 0 Å². The van der Waals surface area contributed by atoms with Gasteiger partial charge in [-0.25, -0.2) is 4.79 Å². The zero-order chi connectivity index (χ0) is 19.1. The van der Waals surface area contributed by atoms with Gasteiger partial charge in [-0.2, -0.15) is 0 Å². The Morgan fingerprint density at radius 2 is 1.96 bits per heavy atom. The number of unbranched alkanes of at least 4 members (excludes halogenated alkanes) is 1. The Morgan fingerprint density at radius 1 is 1.07 bits per heavy atom. The summed E-state index contributed by atoms with van der Waals surface area (Å²) in [4.78, 5) is 21.9. The molecule has 0 aromatic carbocycles. The zero-order valence-electron chi connectivity index (χ0n) is 15.6. The van der Waals surface area contributed by atoms with Crippen molar-refractivity contribution in [1.82, 2.24) is 23.7 Å². The first-order chi connectivity index (χ1) is 13.8. The van der Waals surface area contributed by atoms with E-state index in [1.807, 2.05) is 28.8 Å². The molecule has 0 bridgehead atoms. The number of imidazole rings is 1. The van der Waals surface area contributed by atoms with Gasteiger partial charge in [-0.15, -0.1) is 0 Å². The van der Waals surface area contributed by atoms with Crippen molar-refractivity contribution in [3.63, 3.8) is 0 Å². The van der Waals surface area contributed by atoms with Crippen molar-refractivity contribution in [3.05, 3.63) is 59.0 Å². The Balaban J connectivity index is 1.62. The summed E-state index contributed by atoms with van der Waals surface area (Å²) in [7, 11) is 0. The van der Waals surface area contributed by atoms with E-state index in [0.717, 1.165) is 47.0 Å². The number of alkyl halides is 1. The van der Waals surface area contributed by atoms with E-state index in [1.165, 1.54) is 0 Å². The minimum absolute atomic E-state index is 0.0130. The molecule has 1 saturated carbocycles. The van der Waals surface area contributed by atoms with Crippen LogP contribution in [-0.4, -0.2) is 30.3 Å². The molecule has 0 amide bonds. The van der Waals surface area contributed by atoms with Gasteiger partial charge in [-0.05, 0) is 49.9 Å². The van der Waals surface area contributed by atoms with Crippen molar-refractivity contribution in [3.8, 4) is 0 Å². The third kappa shape index (κ3) is 2.82. The molecule has 1 aliphatic carbocycles. The van der Waals surface area contributed by atoms with Crippen LogP contribution in [-0.2, 0) is 13.1 Å². The third-order valence-electron chi connectivity index (χ3n) is 5.52. The summed E-state index contributed by atoms with van der Waals surface area (Å²) >= 11 is 0. The molecule has 1 fully saturated rings. The van der Waals surface area contributed by atoms with E-state index in [2.05, 4.69) is 14.5 Å². The number of pyridine rings is 2. The van der Waals surface area contributed by atoms with E-state index in [-0.39, 0.29) is 12.4 Å². The monoisotopic (exact) mass is 379 g/mol. The molecule has 6 nitrogen and oxygen atoms in total. The number of hydrogen-bond acceptors (Lipinski definition) is 3. The lowest BCUT2D eigenvalue weighted by atomic mass is 10.3. The highest BCUT2D eigenvalue weighted by Crippen LogP contribution is 2.36. The van der Waals surface area contributed by atoms with Crippen LogP contribution >= 0.6 is 0 Å². The van der Waals surface area contributed by atoms with Gasteiger partial charge in [0.25, 0.3) is 0 Å². The number of aryl methyl sites for hydroxylation is 1. The van der Waals surface area contributed by atoms with Gasteiger partial charge in [0.05, 0.1) is 41.5 Å². The summed E-state index contributed by atoms with van der Waals surface area (Å²) < 4.78 is 18.5. The predicted molar refractivity (Wildman–Crippen MR) is 106 cm³/mol. The lowest BCUT2D eigenvalue weighted by molar-refractivity contribution is 0.447. The summed E-state index contributed by atoms with van der Waals surface area (Å²) in [6.07, 6.45) is 8.66. The van der Waals surface area contributed by atoms with Gasteiger partial charge in [0.2, 0.25) is 0 Å². The van der Waals surface area contributed by atoms with Crippen LogP contribution in [0.15, 0.2) is 47.7 Å². The second kappa shape index (κ2) is 6.89. The highest BCUT2D eigenvalue weighted by Gasteiger charge is 2.29. The van der Waals surface area contributed by atoms with Gasteiger partial charge < -0.3 is 4.57 Å². The van der Waals surface area contributed by atoms with Crippen LogP contribution in [0.3, 0.4) is 0 Å². The van der Waals surface area contributed by atoms with Crippen molar-refractivity contribution >= 4 is 22.1 Å². The molecule has 4 aromatic rings. The van der Waals surface area contributed by atoms with E-state index < -0.39 is 0 Å². The van der Waals surface area contributed by atoms with Gasteiger partial charge in [0.1, 0.15) is 0 Å². The van der Waals surface area contributed by atoms with Crippen LogP contribution in [0.1, 0.15) is 37.4 Å². The van der Waals surface area contributed by atoms with Crippen LogP contribution in [0.4, 0.5) is 4.39 Å². The lowest BCUT2D eigenvalue weighted by Gasteiger charge is -2.11. The minimum atomic E-state index is -0.313. The molecule has 0 radical (unpaired) electrons. The fourth-order valence-electron chi connectivity index (χ4n) is 4.03. The lowest BCUT2D eigenvalue weighted by Crippen LogP contribution is -2.25. The van der Waals surface area contributed by atoms with Crippen LogP contribution in [0.25, 0.3) is 22.1 Å². The largest absolute Gasteiger partial charge is 0.342 e. The number of hydrogen-bond donors (Lipinski definition) is 0. The zero-order valence-corrected chi connectivity index (χ0v) is 15.6. The molecule has 4 heterocycles. The highest BCUT2D eigenvalue weighted by atomic mass is 19.1. The van der Waals surface area contributed by atoms with Gasteiger partial charge >= 0.3 is 5.69 Å². The number of fused-ring (bicyclic) bond motifs is 2. The predicted octanol–water partition coefficient (Wildman–Crippen LogP) is 3.68. The molecular formula is C21H22FN5O. The second-order valence-electron chi connectivity index (χ2n) is 7.43. The van der Waals surface area contributed by atoms with Gasteiger partial charge in [-0.1, -0.05) is 0 Å². The molecule has 4 aromatic heterocycles. The maximum absolute atomic E-state index is 13.2. The van der Waals surface area contributed by atoms with E-state index in [9.17, 15) is 9.18 Å². The molecule has 0 atom stereocenters. The summed E-state index contributed by atoms with van der Waals surface area (Å²) in [6.45, 7) is 0.849. The Morgan fingerprint density at radius 3 is 2.79 bits per heavy atom. The molecule has 28 heavy (non-hydrogen) atoms. The third-order valence-corrected chi connectivity index (χ3v) is 5.52. The molecule has 7 heteroatoms. The summed E-state index contributed by atoms with van der Waals surface area (Å²) in [5, 5.41) is 0. The molecule has 0 aliphatic heterocycles. The minimum Gasteiger partial charge on any atom is -0.342 e. The summed E-state index contributed by atoms with van der Waals surface area (Å²) in [5.41, 5.74) is 4.74. The average Bonchev–Trinajstić information content (AvgIpc) is 3.43. The maximum Gasteiger partial charge on any atom is 0.329 e. The van der Waals surface area contributed by atoms with E-state index in [1.54, 1.807) is 23.2 Å². The molecule has 0 saturated heterocycles. The quantitative estimate of drug-likeness (QED) is 0.460. The Kier molecular flexibility index (Phi) is 4.22. The van der Waals surface area contributed by atoms with Crippen molar-refractivity contribution in [2.75, 3.05) is 6.67 Å². The first kappa shape index (κ1) is 17.2. The molecule has 0 spiro atoms. The Labute approximate surface area is 161 Å². The van der Waals surface area contributed by atoms with E-state index in [4.69, 9.17) is 0 Å². The summed E-state index contributed by atoms with van der Waals surface area (Å²) in [6, 6.07) is 8.19. The van der Waals surface area contributed by atoms with Crippen LogP contribution in [0, 0.1) is 0 Å². The first-order valence-electron chi connectivity index (χ1n) is 9.82. The second-order valence-corrected chi connectivity index (χ2v) is 7.43. The van der Waals surface area contributed by atoms with E-state index >= 15 is 0 Å². The van der Waals surface area contributed by atoms with Gasteiger partial charge in [-0.3, -0.25) is 23.5 Å². The fourth-order valence-corrected chi connectivity index (χ4v) is 4.03. The van der Waals surface area contributed by atoms with Gasteiger partial charge in [0.15, 0.2) is 0 Å². The topological polar surface area (TPSA) is 57.6 Å². The smallest absolute Gasteiger partial charge is 0.329 e. The van der Waals surface area contributed by atoms with Crippen molar-refractivity contribution in [1.29, 1.82) is 0 Å². The van der Waals surface area contributed by atoms with Gasteiger partial charge in [0, 0.05) is 30.7 Å².